The van der Waals surface area contributed by atoms with Gasteiger partial charge in [0, 0.05) is 40.4 Å². The normalized spacial score (nSPS) is 11.9. The number of anilines is 1. The van der Waals surface area contributed by atoms with Crippen molar-refractivity contribution in [2.45, 2.75) is 52.3 Å². The second-order valence-corrected chi connectivity index (χ2v) is 8.21. The van der Waals surface area contributed by atoms with Crippen molar-refractivity contribution in [2.24, 2.45) is 4.99 Å². The first-order valence-corrected chi connectivity index (χ1v) is 9.00. The molecule has 1 aromatic heterocycles. The Balaban J connectivity index is 0.00000729. The highest BCUT2D eigenvalue weighted by atomic mass is 127. The number of nitrogens with one attached hydrogen (secondary N) is 3. The van der Waals surface area contributed by atoms with E-state index < -0.39 is 17.2 Å². The lowest BCUT2D eigenvalue weighted by Crippen LogP contribution is -2.54. The van der Waals surface area contributed by atoms with Crippen LogP contribution in [0.15, 0.2) is 23.3 Å². The monoisotopic (exact) mass is 506 g/mol. The number of halogens is 1. The summed E-state index contributed by atoms with van der Waals surface area (Å²) in [6.45, 7) is 10.5. The van der Waals surface area contributed by atoms with Crippen molar-refractivity contribution < 1.29 is 9.53 Å². The third kappa shape index (κ3) is 10.5. The number of aromatic nitrogens is 1. The quantitative estimate of drug-likeness (QED) is 0.312. The molecular weight excluding hydrogens is 471 g/mol. The van der Waals surface area contributed by atoms with Crippen LogP contribution in [0.4, 0.5) is 10.6 Å². The van der Waals surface area contributed by atoms with E-state index in [2.05, 4.69) is 25.9 Å². The standard InChI is InChI=1S/C19H34N6O2.HI/c1-18(2,3)27-17(26)24-19(4,5)13-23-16(20-6)22-12-14-9-10-21-15(11-14)25(7)8;/h9-11H,12-13H2,1-8H3,(H,24,26)(H2,20,22,23);1H. The molecule has 28 heavy (non-hydrogen) atoms. The molecule has 8 nitrogen and oxygen atoms in total. The lowest BCUT2D eigenvalue weighted by molar-refractivity contribution is 0.0474. The molecule has 0 bridgehead atoms. The number of aliphatic imine (C=N–C) groups is 1. The lowest BCUT2D eigenvalue weighted by atomic mass is 10.1. The van der Waals surface area contributed by atoms with Gasteiger partial charge in [0.25, 0.3) is 0 Å². The van der Waals surface area contributed by atoms with E-state index in [-0.39, 0.29) is 24.0 Å². The van der Waals surface area contributed by atoms with Gasteiger partial charge in [-0.25, -0.2) is 9.78 Å². The Bertz CT molecular complexity index is 656. The van der Waals surface area contributed by atoms with Crippen molar-refractivity contribution in [1.82, 2.24) is 20.9 Å². The number of nitrogens with zero attached hydrogens (tertiary/aromatic N) is 3. The molecule has 1 aromatic rings. The zero-order valence-electron chi connectivity index (χ0n) is 18.2. The minimum Gasteiger partial charge on any atom is -0.444 e. The van der Waals surface area contributed by atoms with Crippen molar-refractivity contribution >= 4 is 41.8 Å². The molecule has 0 spiro atoms. The number of amides is 1. The van der Waals surface area contributed by atoms with Crippen LogP contribution < -0.4 is 20.9 Å². The van der Waals surface area contributed by atoms with Gasteiger partial charge in [0.1, 0.15) is 11.4 Å². The summed E-state index contributed by atoms with van der Waals surface area (Å²) < 4.78 is 5.31. The molecule has 3 N–H and O–H groups in total. The minimum atomic E-state index is -0.527. The van der Waals surface area contributed by atoms with Crippen LogP contribution >= 0.6 is 24.0 Å². The Labute approximate surface area is 185 Å². The van der Waals surface area contributed by atoms with Gasteiger partial charge in [-0.15, -0.1) is 24.0 Å². The van der Waals surface area contributed by atoms with Crippen molar-refractivity contribution in [2.75, 3.05) is 32.6 Å². The molecule has 0 saturated carbocycles. The summed E-state index contributed by atoms with van der Waals surface area (Å²) in [7, 11) is 5.63. The van der Waals surface area contributed by atoms with Crippen LogP contribution in [-0.4, -0.2) is 55.9 Å². The van der Waals surface area contributed by atoms with Crippen LogP contribution in [0.5, 0.6) is 0 Å². The number of hydrogen-bond acceptors (Lipinski definition) is 5. The first kappa shape index (κ1) is 26.2. The molecular formula is C19H35IN6O2. The minimum absolute atomic E-state index is 0. The Kier molecular flexibility index (Phi) is 10.6. The number of hydrogen-bond donors (Lipinski definition) is 3. The van der Waals surface area contributed by atoms with Gasteiger partial charge >= 0.3 is 6.09 Å². The molecule has 1 heterocycles. The van der Waals surface area contributed by atoms with E-state index >= 15 is 0 Å². The van der Waals surface area contributed by atoms with Crippen molar-refractivity contribution in [3.05, 3.63) is 23.9 Å². The summed E-state index contributed by atoms with van der Waals surface area (Å²) in [6.07, 6.45) is 1.35. The molecule has 0 aliphatic heterocycles. The highest BCUT2D eigenvalue weighted by molar-refractivity contribution is 14.0. The Morgan fingerprint density at radius 2 is 1.86 bits per heavy atom. The number of carbonyl (C=O) groups is 1. The first-order chi connectivity index (χ1) is 12.4. The fourth-order valence-corrected chi connectivity index (χ4v) is 2.15. The topological polar surface area (TPSA) is 90.9 Å². The van der Waals surface area contributed by atoms with Crippen LogP contribution in [0, 0.1) is 0 Å². The average Bonchev–Trinajstić information content (AvgIpc) is 2.52. The maximum absolute atomic E-state index is 12.0. The van der Waals surface area contributed by atoms with E-state index in [0.717, 1.165) is 11.4 Å². The van der Waals surface area contributed by atoms with Crippen molar-refractivity contribution in [1.29, 1.82) is 0 Å². The molecule has 1 amide bonds. The molecule has 0 fully saturated rings. The molecule has 0 radical (unpaired) electrons. The van der Waals surface area contributed by atoms with Gasteiger partial charge in [0.2, 0.25) is 0 Å². The van der Waals surface area contributed by atoms with E-state index in [1.807, 2.05) is 65.7 Å². The molecule has 0 atom stereocenters. The number of carbonyl (C=O) groups excluding carboxylic acids is 1. The second-order valence-electron chi connectivity index (χ2n) is 8.21. The average molecular weight is 506 g/mol. The highest BCUT2D eigenvalue weighted by Crippen LogP contribution is 2.10. The van der Waals surface area contributed by atoms with Gasteiger partial charge in [0.15, 0.2) is 5.96 Å². The summed E-state index contributed by atoms with van der Waals surface area (Å²) in [5.74, 6) is 1.55. The SMILES string of the molecule is CN=C(NCc1ccnc(N(C)C)c1)NCC(C)(C)NC(=O)OC(C)(C)C.I. The summed E-state index contributed by atoms with van der Waals surface area (Å²) in [6, 6.07) is 3.98. The van der Waals surface area contributed by atoms with Gasteiger partial charge < -0.3 is 25.6 Å². The molecule has 0 unspecified atom stereocenters. The molecule has 9 heteroatoms. The maximum atomic E-state index is 12.0. The molecule has 0 aromatic carbocycles. The Morgan fingerprint density at radius 3 is 2.39 bits per heavy atom. The lowest BCUT2D eigenvalue weighted by Gasteiger charge is -2.29. The van der Waals surface area contributed by atoms with Gasteiger partial charge in [-0.2, -0.15) is 0 Å². The van der Waals surface area contributed by atoms with Gasteiger partial charge in [-0.05, 0) is 52.3 Å². The van der Waals surface area contributed by atoms with E-state index in [1.54, 1.807) is 13.2 Å². The Morgan fingerprint density at radius 1 is 1.21 bits per heavy atom. The summed E-state index contributed by atoms with van der Waals surface area (Å²) in [5.41, 5.74) is 0.0679. The summed E-state index contributed by atoms with van der Waals surface area (Å²) in [4.78, 5) is 22.5. The molecule has 0 saturated heterocycles. The maximum Gasteiger partial charge on any atom is 0.408 e. The first-order valence-electron chi connectivity index (χ1n) is 9.00. The number of rotatable bonds is 6. The highest BCUT2D eigenvalue weighted by Gasteiger charge is 2.24. The summed E-state index contributed by atoms with van der Waals surface area (Å²) >= 11 is 0. The molecule has 0 aliphatic carbocycles. The number of pyridine rings is 1. The zero-order valence-corrected chi connectivity index (χ0v) is 20.5. The van der Waals surface area contributed by atoms with Gasteiger partial charge in [0.05, 0.1) is 5.54 Å². The van der Waals surface area contributed by atoms with Crippen LogP contribution in [0.3, 0.4) is 0 Å². The van der Waals surface area contributed by atoms with Crippen molar-refractivity contribution in [3.63, 3.8) is 0 Å². The fourth-order valence-electron chi connectivity index (χ4n) is 2.15. The van der Waals surface area contributed by atoms with E-state index in [9.17, 15) is 4.79 Å². The second kappa shape index (κ2) is 11.3. The van der Waals surface area contributed by atoms with E-state index in [1.165, 1.54) is 0 Å². The smallest absolute Gasteiger partial charge is 0.408 e. The third-order valence-electron chi connectivity index (χ3n) is 3.49. The number of alkyl carbamates (subject to hydrolysis) is 1. The zero-order chi connectivity index (χ0) is 20.7. The van der Waals surface area contributed by atoms with E-state index in [4.69, 9.17) is 4.74 Å². The van der Waals surface area contributed by atoms with Crippen LogP contribution in [0.2, 0.25) is 0 Å². The molecule has 1 rings (SSSR count). The third-order valence-corrected chi connectivity index (χ3v) is 3.49. The van der Waals surface area contributed by atoms with Crippen LogP contribution in [0.1, 0.15) is 40.2 Å². The van der Waals surface area contributed by atoms with Crippen LogP contribution in [0.25, 0.3) is 0 Å². The summed E-state index contributed by atoms with van der Waals surface area (Å²) in [5, 5.41) is 9.36. The van der Waals surface area contributed by atoms with E-state index in [0.29, 0.717) is 19.0 Å². The van der Waals surface area contributed by atoms with Gasteiger partial charge in [-0.1, -0.05) is 0 Å². The molecule has 0 aliphatic rings. The van der Waals surface area contributed by atoms with Gasteiger partial charge in [-0.3, -0.25) is 4.99 Å². The predicted molar refractivity (Wildman–Crippen MR) is 126 cm³/mol. The largest absolute Gasteiger partial charge is 0.444 e. The number of guanidine groups is 1. The van der Waals surface area contributed by atoms with Crippen molar-refractivity contribution in [3.8, 4) is 0 Å². The Hall–Kier alpha value is -1.78. The number of ether oxygens (including phenoxy) is 1. The van der Waals surface area contributed by atoms with Crippen LogP contribution in [-0.2, 0) is 11.3 Å². The predicted octanol–water partition coefficient (Wildman–Crippen LogP) is 2.73. The molecule has 160 valence electrons. The fraction of sp³-hybridized carbons (Fsp3) is 0.632.